The highest BCUT2D eigenvalue weighted by Gasteiger charge is 2.27. The van der Waals surface area contributed by atoms with Gasteiger partial charge in [0.15, 0.2) is 0 Å². The third-order valence-electron chi connectivity index (χ3n) is 5.22. The van der Waals surface area contributed by atoms with E-state index in [1.165, 1.54) is 19.3 Å². The van der Waals surface area contributed by atoms with Crippen molar-refractivity contribution in [1.82, 2.24) is 20.4 Å². The zero-order chi connectivity index (χ0) is 18.7. The van der Waals surface area contributed by atoms with Gasteiger partial charge in [-0.25, -0.2) is 0 Å². The van der Waals surface area contributed by atoms with Crippen LogP contribution in [0.4, 0.5) is 0 Å². The minimum Gasteiger partial charge on any atom is -0.358 e. The van der Waals surface area contributed by atoms with E-state index in [1.54, 1.807) is 7.05 Å². The molecule has 0 aromatic rings. The Morgan fingerprint density at radius 3 is 1.92 bits per heavy atom. The van der Waals surface area contributed by atoms with E-state index in [0.717, 1.165) is 51.7 Å². The summed E-state index contributed by atoms with van der Waals surface area (Å²) in [7, 11) is 5.72. The highest BCUT2D eigenvalue weighted by Crippen LogP contribution is 2.15. The van der Waals surface area contributed by atoms with Crippen LogP contribution in [0.15, 0.2) is 0 Å². The SMILES string of the molecule is CCCCCCNC(=O)[C@@H]1CCCN1C.CNC(=O)[C@@H]1CCCN1C. The van der Waals surface area contributed by atoms with Gasteiger partial charge in [-0.05, 0) is 59.3 Å². The van der Waals surface area contributed by atoms with Crippen molar-refractivity contribution in [2.45, 2.75) is 70.4 Å². The number of hydrogen-bond donors (Lipinski definition) is 2. The van der Waals surface area contributed by atoms with Crippen LogP contribution < -0.4 is 10.6 Å². The van der Waals surface area contributed by atoms with Gasteiger partial charge in [0.2, 0.25) is 11.8 Å². The number of unbranched alkanes of at least 4 members (excludes halogenated alkanes) is 3. The minimum absolute atomic E-state index is 0.130. The van der Waals surface area contributed by atoms with E-state index in [2.05, 4.69) is 27.4 Å². The van der Waals surface area contributed by atoms with E-state index in [1.807, 2.05) is 14.1 Å². The van der Waals surface area contributed by atoms with E-state index in [-0.39, 0.29) is 23.9 Å². The van der Waals surface area contributed by atoms with Crippen molar-refractivity contribution in [2.75, 3.05) is 40.8 Å². The predicted octanol–water partition coefficient (Wildman–Crippen LogP) is 1.60. The molecule has 2 heterocycles. The van der Waals surface area contributed by atoms with E-state index >= 15 is 0 Å². The highest BCUT2D eigenvalue weighted by molar-refractivity contribution is 5.82. The van der Waals surface area contributed by atoms with Crippen molar-refractivity contribution in [2.24, 2.45) is 0 Å². The predicted molar refractivity (Wildman–Crippen MR) is 103 cm³/mol. The van der Waals surface area contributed by atoms with Crippen LogP contribution >= 0.6 is 0 Å². The molecule has 2 saturated heterocycles. The third-order valence-corrected chi connectivity index (χ3v) is 5.22. The first-order chi connectivity index (χ1) is 12.0. The first kappa shape index (κ1) is 21.9. The zero-order valence-corrected chi connectivity index (χ0v) is 16.6. The van der Waals surface area contributed by atoms with Crippen molar-refractivity contribution in [3.05, 3.63) is 0 Å². The molecule has 0 spiro atoms. The maximum absolute atomic E-state index is 11.7. The van der Waals surface area contributed by atoms with Crippen LogP contribution in [0.1, 0.15) is 58.3 Å². The van der Waals surface area contributed by atoms with Crippen LogP contribution in [-0.2, 0) is 9.59 Å². The molecule has 2 amide bonds. The lowest BCUT2D eigenvalue weighted by Crippen LogP contribution is -2.41. The molecule has 0 radical (unpaired) electrons. The van der Waals surface area contributed by atoms with Crippen molar-refractivity contribution in [3.8, 4) is 0 Å². The summed E-state index contributed by atoms with van der Waals surface area (Å²) in [4.78, 5) is 27.1. The second-order valence-electron chi connectivity index (χ2n) is 7.24. The normalized spacial score (nSPS) is 23.8. The Hall–Kier alpha value is -1.14. The van der Waals surface area contributed by atoms with Crippen LogP contribution in [-0.4, -0.2) is 74.5 Å². The van der Waals surface area contributed by atoms with Gasteiger partial charge >= 0.3 is 0 Å². The van der Waals surface area contributed by atoms with Gasteiger partial charge in [0, 0.05) is 13.6 Å². The summed E-state index contributed by atoms with van der Waals surface area (Å²) in [6, 6.07) is 0.265. The summed E-state index contributed by atoms with van der Waals surface area (Å²) in [6.45, 7) is 5.17. The molecule has 2 atom stereocenters. The zero-order valence-electron chi connectivity index (χ0n) is 16.6. The molecule has 0 bridgehead atoms. The molecule has 0 unspecified atom stereocenters. The van der Waals surface area contributed by atoms with Crippen molar-refractivity contribution in [3.63, 3.8) is 0 Å². The third kappa shape index (κ3) is 7.74. The van der Waals surface area contributed by atoms with Crippen LogP contribution in [0.25, 0.3) is 0 Å². The molecule has 0 aliphatic carbocycles. The summed E-state index contributed by atoms with van der Waals surface area (Å²) in [5, 5.41) is 5.69. The van der Waals surface area contributed by atoms with Gasteiger partial charge in [-0.1, -0.05) is 26.2 Å². The van der Waals surface area contributed by atoms with E-state index in [9.17, 15) is 9.59 Å². The second-order valence-corrected chi connectivity index (χ2v) is 7.24. The average Bonchev–Trinajstić information content (AvgIpc) is 3.22. The summed E-state index contributed by atoms with van der Waals surface area (Å²) in [5.41, 5.74) is 0. The maximum Gasteiger partial charge on any atom is 0.237 e. The fourth-order valence-electron chi connectivity index (χ4n) is 3.53. The number of rotatable bonds is 7. The van der Waals surface area contributed by atoms with Gasteiger partial charge in [-0.15, -0.1) is 0 Å². The lowest BCUT2D eigenvalue weighted by molar-refractivity contribution is -0.125. The number of nitrogens with zero attached hydrogens (tertiary/aromatic N) is 2. The number of carbonyl (C=O) groups excluding carboxylic acids is 2. The summed E-state index contributed by atoms with van der Waals surface area (Å²) in [6.07, 6.45) is 9.22. The molecule has 2 aliphatic heterocycles. The summed E-state index contributed by atoms with van der Waals surface area (Å²) < 4.78 is 0. The van der Waals surface area contributed by atoms with E-state index in [4.69, 9.17) is 0 Å². The fraction of sp³-hybridized carbons (Fsp3) is 0.895. The topological polar surface area (TPSA) is 64.7 Å². The molecule has 0 aromatic heterocycles. The molecular weight excluding hydrogens is 316 g/mol. The Morgan fingerprint density at radius 2 is 1.48 bits per heavy atom. The Balaban J connectivity index is 0.000000271. The van der Waals surface area contributed by atoms with Crippen LogP contribution in [0.5, 0.6) is 0 Å². The Bertz CT molecular complexity index is 403. The molecule has 6 heteroatoms. The number of carbonyl (C=O) groups is 2. The van der Waals surface area contributed by atoms with Crippen molar-refractivity contribution >= 4 is 11.8 Å². The lowest BCUT2D eigenvalue weighted by atomic mass is 10.2. The average molecular weight is 355 g/mol. The van der Waals surface area contributed by atoms with E-state index < -0.39 is 0 Å². The monoisotopic (exact) mass is 354 g/mol. The minimum atomic E-state index is 0.130. The van der Waals surface area contributed by atoms with Gasteiger partial charge in [-0.2, -0.15) is 0 Å². The Labute approximate surface area is 153 Å². The molecular formula is C19H38N4O2. The Morgan fingerprint density at radius 1 is 0.920 bits per heavy atom. The van der Waals surface area contributed by atoms with Crippen LogP contribution in [0, 0.1) is 0 Å². The van der Waals surface area contributed by atoms with Gasteiger partial charge in [-0.3, -0.25) is 19.4 Å². The van der Waals surface area contributed by atoms with Gasteiger partial charge < -0.3 is 10.6 Å². The first-order valence-electron chi connectivity index (χ1n) is 9.91. The number of amides is 2. The van der Waals surface area contributed by atoms with Crippen LogP contribution in [0.2, 0.25) is 0 Å². The van der Waals surface area contributed by atoms with Crippen molar-refractivity contribution in [1.29, 1.82) is 0 Å². The number of nitrogens with one attached hydrogen (secondary N) is 2. The van der Waals surface area contributed by atoms with E-state index in [0.29, 0.717) is 0 Å². The van der Waals surface area contributed by atoms with Gasteiger partial charge in [0.05, 0.1) is 12.1 Å². The molecule has 146 valence electrons. The molecule has 0 saturated carbocycles. The first-order valence-corrected chi connectivity index (χ1v) is 9.91. The van der Waals surface area contributed by atoms with Gasteiger partial charge in [0.1, 0.15) is 0 Å². The number of likely N-dealkylation sites (N-methyl/N-ethyl adjacent to an activating group) is 3. The molecule has 2 rings (SSSR count). The molecule has 2 fully saturated rings. The molecule has 0 aromatic carbocycles. The maximum atomic E-state index is 11.7. The smallest absolute Gasteiger partial charge is 0.237 e. The molecule has 25 heavy (non-hydrogen) atoms. The van der Waals surface area contributed by atoms with Crippen molar-refractivity contribution < 1.29 is 9.59 Å². The molecule has 2 N–H and O–H groups in total. The lowest BCUT2D eigenvalue weighted by Gasteiger charge is -2.18. The number of likely N-dealkylation sites (tertiary alicyclic amines) is 2. The summed E-state index contributed by atoms with van der Waals surface area (Å²) in [5.74, 6) is 0.381. The summed E-state index contributed by atoms with van der Waals surface area (Å²) >= 11 is 0. The Kier molecular flexibility index (Phi) is 10.7. The number of hydrogen-bond acceptors (Lipinski definition) is 4. The standard InChI is InChI=1S/C12H24N2O.C7H14N2O/c1-3-4-5-6-9-13-12(15)11-8-7-10-14(11)2;1-8-7(10)6-4-3-5-9(6)2/h11H,3-10H2,1-2H3,(H,13,15);6H,3-5H2,1-2H3,(H,8,10)/t11-;6-/m00/s1. The van der Waals surface area contributed by atoms with Gasteiger partial charge in [0.25, 0.3) is 0 Å². The largest absolute Gasteiger partial charge is 0.358 e. The fourth-order valence-corrected chi connectivity index (χ4v) is 3.53. The second kappa shape index (κ2) is 12.3. The van der Waals surface area contributed by atoms with Crippen LogP contribution in [0.3, 0.4) is 0 Å². The highest BCUT2D eigenvalue weighted by atomic mass is 16.2. The molecule has 2 aliphatic rings. The molecule has 6 nitrogen and oxygen atoms in total. The quantitative estimate of drug-likeness (QED) is 0.682.